The van der Waals surface area contributed by atoms with Crippen LogP contribution in [0.1, 0.15) is 17.3 Å². The molecule has 3 rings (SSSR count). The lowest BCUT2D eigenvalue weighted by Gasteiger charge is -1.92. The highest BCUT2D eigenvalue weighted by Crippen LogP contribution is 2.24. The lowest BCUT2D eigenvalue weighted by Crippen LogP contribution is -1.96. The number of aromatic nitrogens is 4. The Hall–Kier alpha value is -2.57. The summed E-state index contributed by atoms with van der Waals surface area (Å²) in [6, 6.07) is 0. The molecule has 0 aromatic carbocycles. The molecular formula is C11H10N4O3. The predicted molar refractivity (Wildman–Crippen MR) is 61.3 cm³/mol. The Kier molecular flexibility index (Phi) is 2.19. The van der Waals surface area contributed by atoms with Crippen molar-refractivity contribution in [2.45, 2.75) is 13.5 Å². The van der Waals surface area contributed by atoms with Crippen molar-refractivity contribution in [3.63, 3.8) is 0 Å². The zero-order chi connectivity index (χ0) is 12.7. The average Bonchev–Trinajstić information content (AvgIpc) is 3.01. The summed E-state index contributed by atoms with van der Waals surface area (Å²) in [5.74, 6) is -0.228. The van der Waals surface area contributed by atoms with Crippen molar-refractivity contribution < 1.29 is 14.3 Å². The van der Waals surface area contributed by atoms with Crippen molar-refractivity contribution in [3.05, 3.63) is 30.4 Å². The molecule has 0 fully saturated rings. The highest BCUT2D eigenvalue weighted by atomic mass is 16.4. The quantitative estimate of drug-likeness (QED) is 0.757. The van der Waals surface area contributed by atoms with Crippen LogP contribution in [0.25, 0.3) is 17.3 Å². The monoisotopic (exact) mass is 246 g/mol. The van der Waals surface area contributed by atoms with E-state index in [1.807, 2.05) is 6.92 Å². The van der Waals surface area contributed by atoms with Crippen LogP contribution in [0, 0.1) is 0 Å². The van der Waals surface area contributed by atoms with Crippen LogP contribution >= 0.6 is 0 Å². The van der Waals surface area contributed by atoms with Gasteiger partial charge in [-0.25, -0.2) is 9.78 Å². The van der Waals surface area contributed by atoms with Gasteiger partial charge < -0.3 is 9.52 Å². The third-order valence-electron chi connectivity index (χ3n) is 2.64. The maximum atomic E-state index is 11.2. The van der Waals surface area contributed by atoms with Gasteiger partial charge in [0.2, 0.25) is 0 Å². The maximum absolute atomic E-state index is 11.2. The number of fused-ring (bicyclic) bond motifs is 1. The van der Waals surface area contributed by atoms with Gasteiger partial charge in [-0.3, -0.25) is 9.08 Å². The topological polar surface area (TPSA) is 85.6 Å². The number of carboxylic acids is 1. The molecule has 1 N–H and O–H groups in total. The van der Waals surface area contributed by atoms with E-state index in [0.717, 1.165) is 0 Å². The molecule has 3 aromatic heterocycles. The first-order valence-corrected chi connectivity index (χ1v) is 5.42. The molecule has 3 heterocycles. The van der Waals surface area contributed by atoms with Crippen LogP contribution in [0.4, 0.5) is 0 Å². The highest BCUT2D eigenvalue weighted by Gasteiger charge is 2.20. The minimum atomic E-state index is -1.03. The van der Waals surface area contributed by atoms with Crippen molar-refractivity contribution in [1.29, 1.82) is 0 Å². The molecule has 0 saturated heterocycles. The molecule has 0 amide bonds. The van der Waals surface area contributed by atoms with Crippen LogP contribution in [-0.4, -0.2) is 30.2 Å². The second-order valence-electron chi connectivity index (χ2n) is 3.76. The molecule has 0 aliphatic carbocycles. The van der Waals surface area contributed by atoms with Gasteiger partial charge in [-0.05, 0) is 6.92 Å². The van der Waals surface area contributed by atoms with E-state index in [-0.39, 0.29) is 5.56 Å². The first-order chi connectivity index (χ1) is 8.69. The predicted octanol–water partition coefficient (Wildman–Crippen LogP) is 1.51. The van der Waals surface area contributed by atoms with Crippen LogP contribution in [0.15, 0.2) is 29.2 Å². The van der Waals surface area contributed by atoms with Gasteiger partial charge in [-0.2, -0.15) is 5.10 Å². The molecule has 0 aliphatic heterocycles. The van der Waals surface area contributed by atoms with Gasteiger partial charge in [0.1, 0.15) is 11.3 Å². The summed E-state index contributed by atoms with van der Waals surface area (Å²) in [5.41, 5.74) is 0.434. The largest absolute Gasteiger partial charge is 0.478 e. The van der Waals surface area contributed by atoms with Gasteiger partial charge >= 0.3 is 11.8 Å². The third kappa shape index (κ3) is 1.48. The Balaban J connectivity index is 2.18. The molecule has 92 valence electrons. The number of imidazole rings is 1. The van der Waals surface area contributed by atoms with Gasteiger partial charge in [0.15, 0.2) is 5.76 Å². The van der Waals surface area contributed by atoms with Crippen molar-refractivity contribution in [2.75, 3.05) is 0 Å². The van der Waals surface area contributed by atoms with Gasteiger partial charge in [-0.15, -0.1) is 0 Å². The zero-order valence-corrected chi connectivity index (χ0v) is 9.57. The number of aromatic carboxylic acids is 1. The Labute approximate surface area is 101 Å². The number of aryl methyl sites for hydroxylation is 1. The van der Waals surface area contributed by atoms with Crippen LogP contribution in [-0.2, 0) is 6.54 Å². The average molecular weight is 246 g/mol. The molecule has 18 heavy (non-hydrogen) atoms. The minimum absolute atomic E-state index is 0.119. The van der Waals surface area contributed by atoms with Gasteiger partial charge in [0.25, 0.3) is 0 Å². The molecule has 0 bridgehead atoms. The first kappa shape index (κ1) is 10.6. The van der Waals surface area contributed by atoms with Crippen LogP contribution in [0.3, 0.4) is 0 Å². The lowest BCUT2D eigenvalue weighted by atomic mass is 10.2. The molecule has 0 radical (unpaired) electrons. The number of nitrogens with zero attached hydrogens (tertiary/aromatic N) is 4. The summed E-state index contributed by atoms with van der Waals surface area (Å²) < 4.78 is 8.69. The summed E-state index contributed by atoms with van der Waals surface area (Å²) in [7, 11) is 0. The van der Waals surface area contributed by atoms with Gasteiger partial charge in [-0.1, -0.05) is 0 Å². The van der Waals surface area contributed by atoms with Crippen LogP contribution < -0.4 is 0 Å². The Morgan fingerprint density at radius 2 is 2.33 bits per heavy atom. The third-order valence-corrected chi connectivity index (χ3v) is 2.64. The molecule has 7 heteroatoms. The second-order valence-corrected chi connectivity index (χ2v) is 3.76. The molecule has 0 atom stereocenters. The van der Waals surface area contributed by atoms with E-state index in [1.54, 1.807) is 27.7 Å². The molecule has 3 aromatic rings. The fraction of sp³-hybridized carbons (Fsp3) is 0.182. The zero-order valence-electron chi connectivity index (χ0n) is 9.57. The highest BCUT2D eigenvalue weighted by molar-refractivity contribution is 5.93. The first-order valence-electron chi connectivity index (χ1n) is 5.42. The van der Waals surface area contributed by atoms with E-state index in [4.69, 9.17) is 9.52 Å². The fourth-order valence-corrected chi connectivity index (χ4v) is 1.76. The minimum Gasteiger partial charge on any atom is -0.478 e. The second kappa shape index (κ2) is 3.73. The lowest BCUT2D eigenvalue weighted by molar-refractivity contribution is 0.0697. The number of carbonyl (C=O) groups is 1. The number of rotatable bonds is 3. The Bertz CT molecular complexity index is 693. The summed E-state index contributed by atoms with van der Waals surface area (Å²) in [6.45, 7) is 2.48. The van der Waals surface area contributed by atoms with Gasteiger partial charge in [0.05, 0.1) is 6.20 Å². The number of oxazole rings is 1. The van der Waals surface area contributed by atoms with E-state index in [1.165, 1.54) is 6.20 Å². The number of hydrogen-bond acceptors (Lipinski definition) is 4. The van der Waals surface area contributed by atoms with E-state index >= 15 is 0 Å². The molecule has 0 unspecified atom stereocenters. The maximum Gasteiger partial charge on any atom is 0.339 e. The van der Waals surface area contributed by atoms with Crippen molar-refractivity contribution in [1.82, 2.24) is 19.2 Å². The SMILES string of the molecule is CCn1cc(C(=O)O)c(-c2cn3ccnc3o2)n1. The molecule has 0 spiro atoms. The Morgan fingerprint density at radius 3 is 3.00 bits per heavy atom. The summed E-state index contributed by atoms with van der Waals surface area (Å²) >= 11 is 0. The summed E-state index contributed by atoms with van der Waals surface area (Å²) in [4.78, 5) is 15.1. The fourth-order valence-electron chi connectivity index (χ4n) is 1.76. The number of carboxylic acid groups (broad SMARTS) is 1. The smallest absolute Gasteiger partial charge is 0.339 e. The number of hydrogen-bond donors (Lipinski definition) is 1. The molecule has 0 aliphatic rings. The Morgan fingerprint density at radius 1 is 1.50 bits per heavy atom. The van der Waals surface area contributed by atoms with E-state index < -0.39 is 5.97 Å². The van der Waals surface area contributed by atoms with E-state index in [2.05, 4.69) is 10.1 Å². The normalized spacial score (nSPS) is 11.2. The summed E-state index contributed by atoms with van der Waals surface area (Å²) in [5, 5.41) is 13.3. The van der Waals surface area contributed by atoms with Crippen LogP contribution in [0.2, 0.25) is 0 Å². The van der Waals surface area contributed by atoms with Crippen LogP contribution in [0.5, 0.6) is 0 Å². The molecular weight excluding hydrogens is 236 g/mol. The summed E-state index contributed by atoms with van der Waals surface area (Å²) in [6.07, 6.45) is 6.48. The van der Waals surface area contributed by atoms with Gasteiger partial charge in [0, 0.05) is 25.1 Å². The van der Waals surface area contributed by atoms with E-state index in [0.29, 0.717) is 23.8 Å². The standard InChI is InChI=1S/C11H10N4O3/c1-2-15-5-7(10(16)17)9(13-15)8-6-14-4-3-12-11(14)18-8/h3-6H,2H2,1H3,(H,16,17). The van der Waals surface area contributed by atoms with Crippen molar-refractivity contribution in [2.24, 2.45) is 0 Å². The molecule has 7 nitrogen and oxygen atoms in total. The molecule has 0 saturated carbocycles. The van der Waals surface area contributed by atoms with E-state index in [9.17, 15) is 4.79 Å². The van der Waals surface area contributed by atoms with Crippen molar-refractivity contribution >= 4 is 11.8 Å². The van der Waals surface area contributed by atoms with Crippen molar-refractivity contribution in [3.8, 4) is 11.5 Å².